The van der Waals surface area contributed by atoms with Crippen LogP contribution in [0.5, 0.6) is 0 Å². The van der Waals surface area contributed by atoms with E-state index in [0.29, 0.717) is 12.3 Å². The van der Waals surface area contributed by atoms with Crippen LogP contribution in [0.1, 0.15) is 34.1 Å². The van der Waals surface area contributed by atoms with Gasteiger partial charge in [0.05, 0.1) is 6.54 Å². The molecule has 12 heavy (non-hydrogen) atoms. The van der Waals surface area contributed by atoms with E-state index < -0.39 is 0 Å². The molecule has 70 valence electrons. The Kier molecular flexibility index (Phi) is 2.57. The fourth-order valence-electron chi connectivity index (χ4n) is 1.51. The van der Waals surface area contributed by atoms with Crippen LogP contribution in [0.15, 0.2) is 0 Å². The van der Waals surface area contributed by atoms with Crippen molar-refractivity contribution in [3.05, 3.63) is 0 Å². The summed E-state index contributed by atoms with van der Waals surface area (Å²) in [4.78, 5) is 13.7. The smallest absolute Gasteiger partial charge is 0.149 e. The average molecular weight is 169 g/mol. The minimum absolute atomic E-state index is 0.149. The molecule has 1 aliphatic rings. The second kappa shape index (κ2) is 3.17. The molecule has 2 heteroatoms. The maximum atomic E-state index is 11.4. The summed E-state index contributed by atoms with van der Waals surface area (Å²) >= 11 is 0. The zero-order valence-corrected chi connectivity index (χ0v) is 8.55. The Morgan fingerprint density at radius 2 is 2.00 bits per heavy atom. The lowest BCUT2D eigenvalue weighted by atomic mass is 9.93. The van der Waals surface area contributed by atoms with Crippen molar-refractivity contribution in [2.75, 3.05) is 13.1 Å². The molecule has 1 aliphatic heterocycles. The van der Waals surface area contributed by atoms with Crippen molar-refractivity contribution in [1.29, 1.82) is 0 Å². The van der Waals surface area contributed by atoms with Crippen molar-refractivity contribution in [3.8, 4) is 0 Å². The molecule has 0 radical (unpaired) electrons. The molecule has 1 rings (SSSR count). The standard InChI is InChI=1S/C10H19NO/c1-8-5-6-11(7-9(8)12)10(2,3)4/h8H,5-7H2,1-4H3. The number of rotatable bonds is 0. The van der Waals surface area contributed by atoms with Crippen LogP contribution in [0.4, 0.5) is 0 Å². The van der Waals surface area contributed by atoms with Crippen LogP contribution >= 0.6 is 0 Å². The molecule has 0 bridgehead atoms. The first-order valence-corrected chi connectivity index (χ1v) is 4.69. The maximum absolute atomic E-state index is 11.4. The first-order chi connectivity index (χ1) is 5.41. The topological polar surface area (TPSA) is 20.3 Å². The van der Waals surface area contributed by atoms with E-state index >= 15 is 0 Å². The SMILES string of the molecule is CC1CCN(C(C)(C)C)CC1=O. The van der Waals surface area contributed by atoms with Crippen LogP contribution in [0, 0.1) is 5.92 Å². The number of hydrogen-bond donors (Lipinski definition) is 0. The number of Topliss-reactive ketones (excluding diaryl/α,β-unsaturated/α-hetero) is 1. The number of likely N-dealkylation sites (tertiary alicyclic amines) is 1. The van der Waals surface area contributed by atoms with Gasteiger partial charge in [0.15, 0.2) is 0 Å². The highest BCUT2D eigenvalue weighted by molar-refractivity contribution is 5.83. The van der Waals surface area contributed by atoms with Gasteiger partial charge in [-0.2, -0.15) is 0 Å². The number of piperidine rings is 1. The summed E-state index contributed by atoms with van der Waals surface area (Å²) in [5.41, 5.74) is 0.149. The van der Waals surface area contributed by atoms with E-state index in [2.05, 4.69) is 25.7 Å². The van der Waals surface area contributed by atoms with E-state index in [1.807, 2.05) is 6.92 Å². The number of hydrogen-bond acceptors (Lipinski definition) is 2. The molecular formula is C10H19NO. The van der Waals surface area contributed by atoms with Gasteiger partial charge in [-0.3, -0.25) is 9.69 Å². The van der Waals surface area contributed by atoms with Gasteiger partial charge in [-0.05, 0) is 33.7 Å². The lowest BCUT2D eigenvalue weighted by molar-refractivity contribution is -0.128. The summed E-state index contributed by atoms with van der Waals surface area (Å²) in [6, 6.07) is 0. The van der Waals surface area contributed by atoms with E-state index in [-0.39, 0.29) is 11.5 Å². The van der Waals surface area contributed by atoms with Gasteiger partial charge < -0.3 is 0 Å². The summed E-state index contributed by atoms with van der Waals surface area (Å²) in [7, 11) is 0. The molecule has 0 aliphatic carbocycles. The Bertz CT molecular complexity index is 181. The van der Waals surface area contributed by atoms with Crippen molar-refractivity contribution in [3.63, 3.8) is 0 Å². The zero-order valence-electron chi connectivity index (χ0n) is 8.55. The van der Waals surface area contributed by atoms with Gasteiger partial charge in [0.2, 0.25) is 0 Å². The van der Waals surface area contributed by atoms with Crippen molar-refractivity contribution in [1.82, 2.24) is 4.90 Å². The molecule has 0 aromatic rings. The molecular weight excluding hydrogens is 150 g/mol. The van der Waals surface area contributed by atoms with E-state index in [1.165, 1.54) is 0 Å². The Morgan fingerprint density at radius 3 is 2.42 bits per heavy atom. The normalized spacial score (nSPS) is 27.7. The van der Waals surface area contributed by atoms with Gasteiger partial charge in [0.1, 0.15) is 5.78 Å². The van der Waals surface area contributed by atoms with Gasteiger partial charge in [0, 0.05) is 11.5 Å². The third-order valence-corrected chi connectivity index (χ3v) is 2.68. The molecule has 0 aromatic heterocycles. The number of ketones is 1. The van der Waals surface area contributed by atoms with Crippen molar-refractivity contribution in [2.45, 2.75) is 39.7 Å². The summed E-state index contributed by atoms with van der Waals surface area (Å²) < 4.78 is 0. The van der Waals surface area contributed by atoms with E-state index in [1.54, 1.807) is 0 Å². The summed E-state index contributed by atoms with van der Waals surface area (Å²) in [6.45, 7) is 10.2. The van der Waals surface area contributed by atoms with Gasteiger partial charge in [-0.15, -0.1) is 0 Å². The first kappa shape index (κ1) is 9.72. The van der Waals surface area contributed by atoms with Gasteiger partial charge in [0.25, 0.3) is 0 Å². The highest BCUT2D eigenvalue weighted by Gasteiger charge is 2.29. The maximum Gasteiger partial charge on any atom is 0.149 e. The lowest BCUT2D eigenvalue weighted by Gasteiger charge is -2.39. The predicted octanol–water partition coefficient (Wildman–Crippen LogP) is 1.70. The predicted molar refractivity (Wildman–Crippen MR) is 50.1 cm³/mol. The van der Waals surface area contributed by atoms with Crippen LogP contribution in [0.2, 0.25) is 0 Å². The molecule has 0 saturated carbocycles. The van der Waals surface area contributed by atoms with Crippen molar-refractivity contribution < 1.29 is 4.79 Å². The Balaban J connectivity index is 2.57. The Labute approximate surface area is 74.9 Å². The first-order valence-electron chi connectivity index (χ1n) is 4.69. The number of carbonyl (C=O) groups is 1. The lowest BCUT2D eigenvalue weighted by Crippen LogP contribution is -2.49. The summed E-state index contributed by atoms with van der Waals surface area (Å²) in [5, 5.41) is 0. The number of carbonyl (C=O) groups excluding carboxylic acids is 1. The monoisotopic (exact) mass is 169 g/mol. The van der Waals surface area contributed by atoms with Gasteiger partial charge >= 0.3 is 0 Å². The second-order valence-corrected chi connectivity index (χ2v) is 4.75. The van der Waals surface area contributed by atoms with Crippen LogP contribution in [0.25, 0.3) is 0 Å². The Hall–Kier alpha value is -0.370. The molecule has 1 heterocycles. The van der Waals surface area contributed by atoms with Crippen molar-refractivity contribution in [2.24, 2.45) is 5.92 Å². The van der Waals surface area contributed by atoms with Crippen molar-refractivity contribution >= 4 is 5.78 Å². The van der Waals surface area contributed by atoms with Crippen LogP contribution in [0.3, 0.4) is 0 Å². The van der Waals surface area contributed by atoms with Crippen LogP contribution in [-0.4, -0.2) is 29.3 Å². The number of nitrogens with zero attached hydrogens (tertiary/aromatic N) is 1. The Morgan fingerprint density at radius 1 is 1.42 bits per heavy atom. The van der Waals surface area contributed by atoms with Crippen LogP contribution < -0.4 is 0 Å². The highest BCUT2D eigenvalue weighted by Crippen LogP contribution is 2.20. The molecule has 0 N–H and O–H groups in total. The molecule has 1 unspecified atom stereocenters. The van der Waals surface area contributed by atoms with E-state index in [9.17, 15) is 4.79 Å². The van der Waals surface area contributed by atoms with Gasteiger partial charge in [-0.1, -0.05) is 6.92 Å². The summed E-state index contributed by atoms with van der Waals surface area (Å²) in [5.74, 6) is 0.680. The van der Waals surface area contributed by atoms with Crippen LogP contribution in [-0.2, 0) is 4.79 Å². The molecule has 1 fully saturated rings. The second-order valence-electron chi connectivity index (χ2n) is 4.75. The molecule has 2 nitrogen and oxygen atoms in total. The molecule has 0 aromatic carbocycles. The van der Waals surface area contributed by atoms with E-state index in [4.69, 9.17) is 0 Å². The fourth-order valence-corrected chi connectivity index (χ4v) is 1.51. The average Bonchev–Trinajstić information content (AvgIpc) is 1.92. The van der Waals surface area contributed by atoms with E-state index in [0.717, 1.165) is 13.0 Å². The fraction of sp³-hybridized carbons (Fsp3) is 0.900. The third-order valence-electron chi connectivity index (χ3n) is 2.68. The molecule has 1 saturated heterocycles. The van der Waals surface area contributed by atoms with Gasteiger partial charge in [-0.25, -0.2) is 0 Å². The zero-order chi connectivity index (χ0) is 9.35. The quantitative estimate of drug-likeness (QED) is 0.550. The largest absolute Gasteiger partial charge is 0.298 e. The molecule has 1 atom stereocenters. The summed E-state index contributed by atoms with van der Waals surface area (Å²) in [6.07, 6.45) is 1.02. The highest BCUT2D eigenvalue weighted by atomic mass is 16.1. The molecule has 0 amide bonds. The third kappa shape index (κ3) is 2.07. The minimum Gasteiger partial charge on any atom is -0.298 e. The molecule has 0 spiro atoms. The minimum atomic E-state index is 0.149.